The van der Waals surface area contributed by atoms with Crippen LogP contribution in [0.4, 0.5) is 11.4 Å². The molecule has 1 aliphatic rings. The van der Waals surface area contributed by atoms with Gasteiger partial charge in [0.1, 0.15) is 10.7 Å². The molecule has 26 heavy (non-hydrogen) atoms. The van der Waals surface area contributed by atoms with E-state index < -0.39 is 14.8 Å². The number of nitrogens with zero attached hydrogens (tertiary/aromatic N) is 4. The SMILES string of the molecule is Cn1ccnc1CC1CCN(c2ccc([N+](=O)[O-])c(S(C)(=O)=O)c2)CC1. The van der Waals surface area contributed by atoms with E-state index in [9.17, 15) is 18.5 Å². The minimum atomic E-state index is -3.67. The second-order valence-electron chi connectivity index (χ2n) is 6.77. The first-order valence-electron chi connectivity index (χ1n) is 8.45. The molecule has 0 N–H and O–H groups in total. The van der Waals surface area contributed by atoms with Crippen LogP contribution in [0.3, 0.4) is 0 Å². The van der Waals surface area contributed by atoms with Crippen molar-refractivity contribution in [1.82, 2.24) is 9.55 Å². The summed E-state index contributed by atoms with van der Waals surface area (Å²) in [6.07, 6.45) is 7.60. The molecule has 1 fully saturated rings. The predicted octanol–water partition coefficient (Wildman–Crippen LogP) is 2.19. The Bertz CT molecular complexity index is 915. The Morgan fingerprint density at radius 1 is 1.31 bits per heavy atom. The number of imidazole rings is 1. The van der Waals surface area contributed by atoms with Gasteiger partial charge in [-0.2, -0.15) is 0 Å². The van der Waals surface area contributed by atoms with Crippen molar-refractivity contribution in [3.8, 4) is 0 Å². The molecule has 3 rings (SSSR count). The fourth-order valence-electron chi connectivity index (χ4n) is 3.39. The number of hydrogen-bond donors (Lipinski definition) is 0. The molecule has 2 aromatic rings. The largest absolute Gasteiger partial charge is 0.371 e. The van der Waals surface area contributed by atoms with Gasteiger partial charge in [0, 0.05) is 57.0 Å². The van der Waals surface area contributed by atoms with Gasteiger partial charge in [0.05, 0.1) is 4.92 Å². The van der Waals surface area contributed by atoms with Crippen LogP contribution in [0.15, 0.2) is 35.5 Å². The van der Waals surface area contributed by atoms with E-state index in [0.29, 0.717) is 11.6 Å². The molecule has 1 saturated heterocycles. The lowest BCUT2D eigenvalue weighted by Crippen LogP contribution is -2.34. The zero-order chi connectivity index (χ0) is 18.9. The molecule has 140 valence electrons. The molecular weight excluding hydrogens is 356 g/mol. The molecular formula is C17H22N4O4S. The lowest BCUT2D eigenvalue weighted by molar-refractivity contribution is -0.387. The van der Waals surface area contributed by atoms with E-state index in [4.69, 9.17) is 0 Å². The molecule has 9 heteroatoms. The van der Waals surface area contributed by atoms with E-state index in [0.717, 1.165) is 44.4 Å². The van der Waals surface area contributed by atoms with Gasteiger partial charge in [-0.1, -0.05) is 0 Å². The Labute approximate surface area is 152 Å². The summed E-state index contributed by atoms with van der Waals surface area (Å²) in [5.74, 6) is 1.60. The standard InChI is InChI=1S/C17H22N4O4S/c1-19-10-7-18-17(19)11-13-5-8-20(9-6-13)14-3-4-15(21(22)23)16(12-14)26(2,24)25/h3-4,7,10,12-13H,5-6,8-9,11H2,1-2H3. The zero-order valence-corrected chi connectivity index (χ0v) is 15.6. The smallest absolute Gasteiger partial charge is 0.288 e. The Balaban J connectivity index is 1.73. The first-order chi connectivity index (χ1) is 12.3. The van der Waals surface area contributed by atoms with Crippen LogP contribution in [0.25, 0.3) is 0 Å². The van der Waals surface area contributed by atoms with E-state index in [1.807, 2.05) is 17.8 Å². The van der Waals surface area contributed by atoms with Crippen LogP contribution in [0, 0.1) is 16.0 Å². The summed E-state index contributed by atoms with van der Waals surface area (Å²) in [6, 6.07) is 4.34. The zero-order valence-electron chi connectivity index (χ0n) is 14.8. The average molecular weight is 378 g/mol. The third kappa shape index (κ3) is 3.87. The molecule has 8 nitrogen and oxygen atoms in total. The van der Waals surface area contributed by atoms with Gasteiger partial charge in [-0.15, -0.1) is 0 Å². The fourth-order valence-corrected chi connectivity index (χ4v) is 4.25. The maximum Gasteiger partial charge on any atom is 0.288 e. The Morgan fingerprint density at radius 3 is 2.54 bits per heavy atom. The maximum atomic E-state index is 11.9. The van der Waals surface area contributed by atoms with Gasteiger partial charge in [-0.3, -0.25) is 10.1 Å². The van der Waals surface area contributed by atoms with Gasteiger partial charge >= 0.3 is 0 Å². The highest BCUT2D eigenvalue weighted by molar-refractivity contribution is 7.90. The minimum Gasteiger partial charge on any atom is -0.371 e. The second kappa shape index (κ2) is 7.06. The van der Waals surface area contributed by atoms with E-state index >= 15 is 0 Å². The van der Waals surface area contributed by atoms with Crippen molar-refractivity contribution in [1.29, 1.82) is 0 Å². The van der Waals surface area contributed by atoms with Crippen molar-refractivity contribution < 1.29 is 13.3 Å². The number of benzene rings is 1. The quantitative estimate of drug-likeness (QED) is 0.584. The molecule has 0 spiro atoms. The lowest BCUT2D eigenvalue weighted by Gasteiger charge is -2.33. The minimum absolute atomic E-state index is 0.227. The lowest BCUT2D eigenvalue weighted by atomic mass is 9.93. The number of anilines is 1. The fraction of sp³-hybridized carbons (Fsp3) is 0.471. The Morgan fingerprint density at radius 2 is 2.00 bits per heavy atom. The topological polar surface area (TPSA) is 98.3 Å². The van der Waals surface area contributed by atoms with Crippen molar-refractivity contribution in [3.63, 3.8) is 0 Å². The van der Waals surface area contributed by atoms with Crippen molar-refractivity contribution in [3.05, 3.63) is 46.5 Å². The highest BCUT2D eigenvalue weighted by Gasteiger charge is 2.26. The van der Waals surface area contributed by atoms with Crippen LogP contribution in [0.2, 0.25) is 0 Å². The van der Waals surface area contributed by atoms with Gasteiger partial charge in [0.25, 0.3) is 5.69 Å². The number of nitro groups is 1. The van der Waals surface area contributed by atoms with E-state index in [-0.39, 0.29) is 10.6 Å². The first kappa shape index (κ1) is 18.4. The van der Waals surface area contributed by atoms with Gasteiger partial charge in [0.2, 0.25) is 0 Å². The second-order valence-corrected chi connectivity index (χ2v) is 8.75. The van der Waals surface area contributed by atoms with Crippen LogP contribution in [-0.2, 0) is 23.3 Å². The summed E-state index contributed by atoms with van der Waals surface area (Å²) < 4.78 is 25.9. The third-order valence-corrected chi connectivity index (χ3v) is 6.04. The number of nitro benzene ring substituents is 1. The Hall–Kier alpha value is -2.42. The van der Waals surface area contributed by atoms with E-state index in [1.54, 1.807) is 12.3 Å². The van der Waals surface area contributed by atoms with Gasteiger partial charge in [0.15, 0.2) is 9.84 Å². The monoisotopic (exact) mass is 378 g/mol. The summed E-state index contributed by atoms with van der Waals surface area (Å²) in [5.41, 5.74) is 0.340. The number of sulfone groups is 1. The molecule has 2 heterocycles. The van der Waals surface area contributed by atoms with Crippen LogP contribution in [0.5, 0.6) is 0 Å². The first-order valence-corrected chi connectivity index (χ1v) is 10.3. The average Bonchev–Trinajstić information content (AvgIpc) is 2.99. The summed E-state index contributed by atoms with van der Waals surface area (Å²) in [6.45, 7) is 1.58. The van der Waals surface area contributed by atoms with Crippen molar-refractivity contribution in [2.45, 2.75) is 24.2 Å². The van der Waals surface area contributed by atoms with Crippen LogP contribution in [0.1, 0.15) is 18.7 Å². The summed E-state index contributed by atoms with van der Waals surface area (Å²) in [5, 5.41) is 11.1. The molecule has 1 aromatic carbocycles. The highest BCUT2D eigenvalue weighted by Crippen LogP contribution is 2.31. The normalized spacial score (nSPS) is 16.0. The molecule has 0 amide bonds. The number of hydrogen-bond acceptors (Lipinski definition) is 6. The predicted molar refractivity (Wildman–Crippen MR) is 98.1 cm³/mol. The molecule has 0 saturated carbocycles. The molecule has 0 atom stereocenters. The van der Waals surface area contributed by atoms with Gasteiger partial charge in [-0.05, 0) is 30.9 Å². The molecule has 1 aromatic heterocycles. The Kier molecular flexibility index (Phi) is 4.99. The number of aryl methyl sites for hydroxylation is 1. The summed E-state index contributed by atoms with van der Waals surface area (Å²) in [7, 11) is -1.68. The molecule has 1 aliphatic heterocycles. The van der Waals surface area contributed by atoms with Gasteiger partial charge < -0.3 is 9.47 Å². The van der Waals surface area contributed by atoms with Crippen molar-refractivity contribution >= 4 is 21.2 Å². The van der Waals surface area contributed by atoms with Crippen LogP contribution >= 0.6 is 0 Å². The molecule has 0 radical (unpaired) electrons. The summed E-state index contributed by atoms with van der Waals surface area (Å²) >= 11 is 0. The number of rotatable bonds is 5. The molecule has 0 unspecified atom stereocenters. The highest BCUT2D eigenvalue weighted by atomic mass is 32.2. The van der Waals surface area contributed by atoms with E-state index in [2.05, 4.69) is 9.88 Å². The molecule has 0 bridgehead atoms. The maximum absolute atomic E-state index is 11.9. The molecule has 0 aliphatic carbocycles. The third-order valence-electron chi connectivity index (χ3n) is 4.91. The van der Waals surface area contributed by atoms with Crippen LogP contribution < -0.4 is 4.90 Å². The van der Waals surface area contributed by atoms with Crippen molar-refractivity contribution in [2.75, 3.05) is 24.2 Å². The van der Waals surface area contributed by atoms with Crippen LogP contribution in [-0.4, -0.2) is 42.2 Å². The van der Waals surface area contributed by atoms with E-state index in [1.165, 1.54) is 12.1 Å². The van der Waals surface area contributed by atoms with Gasteiger partial charge in [-0.25, -0.2) is 13.4 Å². The summed E-state index contributed by atoms with van der Waals surface area (Å²) in [4.78, 5) is 16.7. The van der Waals surface area contributed by atoms with Crippen molar-refractivity contribution in [2.24, 2.45) is 13.0 Å². The number of aromatic nitrogens is 2. The number of piperidine rings is 1.